The SMILES string of the molecule is Cc1cccc(C)c1NC(=O)C[C@@H]1CCCCN1S(=O)(=O)c1ccccc1. The van der Waals surface area contributed by atoms with E-state index in [9.17, 15) is 13.2 Å². The summed E-state index contributed by atoms with van der Waals surface area (Å²) in [5.41, 5.74) is 2.82. The van der Waals surface area contributed by atoms with Crippen molar-refractivity contribution in [3.05, 3.63) is 59.7 Å². The van der Waals surface area contributed by atoms with Crippen LogP contribution in [0.5, 0.6) is 0 Å². The predicted octanol–water partition coefficient (Wildman–Crippen LogP) is 3.88. The molecule has 5 nitrogen and oxygen atoms in total. The number of para-hydroxylation sites is 1. The number of amides is 1. The summed E-state index contributed by atoms with van der Waals surface area (Å²) in [6.07, 6.45) is 2.62. The lowest BCUT2D eigenvalue weighted by atomic mass is 10.0. The number of nitrogens with zero attached hydrogens (tertiary/aromatic N) is 1. The van der Waals surface area contributed by atoms with E-state index < -0.39 is 10.0 Å². The minimum absolute atomic E-state index is 0.146. The van der Waals surface area contributed by atoms with E-state index in [1.807, 2.05) is 32.0 Å². The van der Waals surface area contributed by atoms with Crippen LogP contribution in [0.25, 0.3) is 0 Å². The predicted molar refractivity (Wildman–Crippen MR) is 107 cm³/mol. The van der Waals surface area contributed by atoms with Gasteiger partial charge in [-0.25, -0.2) is 8.42 Å². The molecule has 3 rings (SSSR count). The molecule has 1 saturated heterocycles. The molecule has 1 fully saturated rings. The summed E-state index contributed by atoms with van der Waals surface area (Å²) in [6, 6.07) is 14.0. The minimum atomic E-state index is -3.59. The van der Waals surface area contributed by atoms with Gasteiger partial charge in [0, 0.05) is 24.7 Å². The number of hydrogen-bond acceptors (Lipinski definition) is 3. The summed E-state index contributed by atoms with van der Waals surface area (Å²) in [6.45, 7) is 4.36. The number of rotatable bonds is 5. The summed E-state index contributed by atoms with van der Waals surface area (Å²) in [5.74, 6) is -0.146. The molecule has 2 aromatic rings. The summed E-state index contributed by atoms with van der Waals surface area (Å²) >= 11 is 0. The molecule has 1 amide bonds. The van der Waals surface area contributed by atoms with E-state index in [-0.39, 0.29) is 23.3 Å². The van der Waals surface area contributed by atoms with Gasteiger partial charge in [-0.3, -0.25) is 4.79 Å². The zero-order valence-electron chi connectivity index (χ0n) is 15.8. The maximum absolute atomic E-state index is 13.0. The van der Waals surface area contributed by atoms with Crippen LogP contribution in [0, 0.1) is 13.8 Å². The third-order valence-electron chi connectivity index (χ3n) is 5.09. The maximum Gasteiger partial charge on any atom is 0.243 e. The third kappa shape index (κ3) is 4.39. The average Bonchev–Trinajstić information content (AvgIpc) is 2.66. The maximum atomic E-state index is 13.0. The smallest absolute Gasteiger partial charge is 0.243 e. The highest BCUT2D eigenvalue weighted by molar-refractivity contribution is 7.89. The van der Waals surface area contributed by atoms with E-state index in [4.69, 9.17) is 0 Å². The van der Waals surface area contributed by atoms with Crippen LogP contribution in [-0.4, -0.2) is 31.2 Å². The first-order chi connectivity index (χ1) is 12.9. The lowest BCUT2D eigenvalue weighted by Crippen LogP contribution is -2.45. The largest absolute Gasteiger partial charge is 0.326 e. The zero-order chi connectivity index (χ0) is 19.4. The molecular weight excluding hydrogens is 360 g/mol. The van der Waals surface area contributed by atoms with Crippen molar-refractivity contribution in [3.63, 3.8) is 0 Å². The van der Waals surface area contributed by atoms with Gasteiger partial charge in [-0.1, -0.05) is 42.8 Å². The van der Waals surface area contributed by atoms with Crippen LogP contribution in [-0.2, 0) is 14.8 Å². The van der Waals surface area contributed by atoms with Crippen LogP contribution in [0.1, 0.15) is 36.8 Å². The molecule has 1 aliphatic rings. The van der Waals surface area contributed by atoms with Crippen LogP contribution < -0.4 is 5.32 Å². The van der Waals surface area contributed by atoms with Gasteiger partial charge in [0.25, 0.3) is 0 Å². The fraction of sp³-hybridized carbons (Fsp3) is 0.381. The van der Waals surface area contributed by atoms with E-state index >= 15 is 0 Å². The summed E-state index contributed by atoms with van der Waals surface area (Å²) in [7, 11) is -3.59. The standard InChI is InChI=1S/C21H26N2O3S/c1-16-9-8-10-17(2)21(16)22-20(24)15-18-11-6-7-14-23(18)27(25,26)19-12-4-3-5-13-19/h3-5,8-10,12-13,18H,6-7,11,14-15H2,1-2H3,(H,22,24)/t18-/m0/s1. The Morgan fingerprint density at radius 3 is 2.37 bits per heavy atom. The average molecular weight is 387 g/mol. The molecule has 6 heteroatoms. The quantitative estimate of drug-likeness (QED) is 0.848. The van der Waals surface area contributed by atoms with Crippen molar-refractivity contribution >= 4 is 21.6 Å². The van der Waals surface area contributed by atoms with Crippen molar-refractivity contribution in [2.75, 3.05) is 11.9 Å². The van der Waals surface area contributed by atoms with Gasteiger partial charge in [0.05, 0.1) is 4.90 Å². The van der Waals surface area contributed by atoms with E-state index in [2.05, 4.69) is 5.32 Å². The Balaban J connectivity index is 1.77. The molecule has 0 saturated carbocycles. The second-order valence-corrected chi connectivity index (χ2v) is 8.99. The fourth-order valence-corrected chi connectivity index (χ4v) is 5.35. The van der Waals surface area contributed by atoms with Crippen molar-refractivity contribution in [2.45, 2.75) is 50.5 Å². The molecule has 0 radical (unpaired) electrons. The van der Waals surface area contributed by atoms with Crippen molar-refractivity contribution in [1.29, 1.82) is 0 Å². The van der Waals surface area contributed by atoms with Crippen LogP contribution in [0.3, 0.4) is 0 Å². The first-order valence-electron chi connectivity index (χ1n) is 9.32. The molecule has 2 aromatic carbocycles. The molecule has 144 valence electrons. The van der Waals surface area contributed by atoms with Gasteiger partial charge in [-0.15, -0.1) is 0 Å². The highest BCUT2D eigenvalue weighted by Crippen LogP contribution is 2.28. The number of anilines is 1. The minimum Gasteiger partial charge on any atom is -0.326 e. The molecule has 1 N–H and O–H groups in total. The van der Waals surface area contributed by atoms with Gasteiger partial charge in [-0.2, -0.15) is 4.31 Å². The van der Waals surface area contributed by atoms with Crippen LogP contribution in [0.15, 0.2) is 53.4 Å². The molecular formula is C21H26N2O3S. The Morgan fingerprint density at radius 2 is 1.70 bits per heavy atom. The molecule has 0 unspecified atom stereocenters. The second-order valence-electron chi connectivity index (χ2n) is 7.10. The van der Waals surface area contributed by atoms with Gasteiger partial charge in [0.15, 0.2) is 0 Å². The molecule has 0 bridgehead atoms. The number of piperidine rings is 1. The zero-order valence-corrected chi connectivity index (χ0v) is 16.6. The normalized spacial score (nSPS) is 18.2. The van der Waals surface area contributed by atoms with Crippen LogP contribution in [0.4, 0.5) is 5.69 Å². The first kappa shape index (κ1) is 19.6. The third-order valence-corrected chi connectivity index (χ3v) is 7.06. The van der Waals surface area contributed by atoms with Crippen molar-refractivity contribution in [1.82, 2.24) is 4.31 Å². The Morgan fingerprint density at radius 1 is 1.04 bits per heavy atom. The molecule has 0 aromatic heterocycles. The number of nitrogens with one attached hydrogen (secondary N) is 1. The fourth-order valence-electron chi connectivity index (χ4n) is 3.64. The van der Waals surface area contributed by atoms with Gasteiger partial charge < -0.3 is 5.32 Å². The number of hydrogen-bond donors (Lipinski definition) is 1. The van der Waals surface area contributed by atoms with Crippen molar-refractivity contribution in [2.24, 2.45) is 0 Å². The van der Waals surface area contributed by atoms with Gasteiger partial charge in [0.1, 0.15) is 0 Å². The highest BCUT2D eigenvalue weighted by Gasteiger charge is 2.34. The molecule has 1 aliphatic heterocycles. The lowest BCUT2D eigenvalue weighted by molar-refractivity contribution is -0.117. The van der Waals surface area contributed by atoms with Crippen molar-refractivity contribution < 1.29 is 13.2 Å². The molecule has 27 heavy (non-hydrogen) atoms. The monoisotopic (exact) mass is 386 g/mol. The van der Waals surface area contributed by atoms with Gasteiger partial charge in [-0.05, 0) is 49.9 Å². The number of carbonyl (C=O) groups is 1. The van der Waals surface area contributed by atoms with E-state index in [1.54, 1.807) is 30.3 Å². The second kappa shape index (κ2) is 8.23. The Hall–Kier alpha value is -2.18. The highest BCUT2D eigenvalue weighted by atomic mass is 32.2. The Labute approximate surface area is 161 Å². The molecule has 0 aliphatic carbocycles. The van der Waals surface area contributed by atoms with E-state index in [0.29, 0.717) is 13.0 Å². The molecule has 0 spiro atoms. The summed E-state index contributed by atoms with van der Waals surface area (Å²) < 4.78 is 27.6. The lowest BCUT2D eigenvalue weighted by Gasteiger charge is -2.34. The van der Waals surface area contributed by atoms with Crippen LogP contribution in [0.2, 0.25) is 0 Å². The number of benzene rings is 2. The van der Waals surface area contributed by atoms with Crippen molar-refractivity contribution in [3.8, 4) is 0 Å². The Bertz CT molecular complexity index is 890. The molecule has 1 heterocycles. The number of aryl methyl sites for hydroxylation is 2. The summed E-state index contributed by atoms with van der Waals surface area (Å²) in [5, 5.41) is 2.98. The van der Waals surface area contributed by atoms with E-state index in [1.165, 1.54) is 4.31 Å². The first-order valence-corrected chi connectivity index (χ1v) is 10.8. The summed E-state index contributed by atoms with van der Waals surface area (Å²) in [4.78, 5) is 12.9. The van der Waals surface area contributed by atoms with Crippen LogP contribution >= 0.6 is 0 Å². The van der Waals surface area contributed by atoms with Gasteiger partial charge >= 0.3 is 0 Å². The Kier molecular flexibility index (Phi) is 5.97. The van der Waals surface area contributed by atoms with E-state index in [0.717, 1.165) is 29.7 Å². The molecule has 1 atom stereocenters. The number of carbonyl (C=O) groups excluding carboxylic acids is 1. The topological polar surface area (TPSA) is 66.5 Å². The van der Waals surface area contributed by atoms with Gasteiger partial charge in [0.2, 0.25) is 15.9 Å². The number of sulfonamides is 1.